The van der Waals surface area contributed by atoms with Gasteiger partial charge in [0.25, 0.3) is 0 Å². The van der Waals surface area contributed by atoms with Crippen LogP contribution < -0.4 is 0 Å². The third-order valence-corrected chi connectivity index (χ3v) is 10.9. The second kappa shape index (κ2) is 13.1. The molecule has 0 saturated heterocycles. The number of aromatic nitrogens is 4. The van der Waals surface area contributed by atoms with Crippen LogP contribution in [-0.2, 0) is 0 Å². The molecule has 0 aliphatic heterocycles. The summed E-state index contributed by atoms with van der Waals surface area (Å²) in [6.07, 6.45) is 0. The van der Waals surface area contributed by atoms with Gasteiger partial charge in [-0.15, -0.1) is 0 Å². The SMILES string of the molecule is c1ccc(-c2cccc(-c3cc(-c4ccccc4)nc(-n4c5ccccc5c5ccc(-c6ccc7c(c6)c6ccccc6n7-c6ccccc6)cc54)n3)c2)cc1. The van der Waals surface area contributed by atoms with Crippen LogP contribution in [0.2, 0.25) is 0 Å². The Morgan fingerprint density at radius 1 is 0.268 bits per heavy atom. The average molecular weight is 715 g/mol. The fraction of sp³-hybridized carbons (Fsp3) is 0. The minimum absolute atomic E-state index is 0.635. The normalized spacial score (nSPS) is 11.6. The lowest BCUT2D eigenvalue weighted by Crippen LogP contribution is -2.04. The zero-order valence-electron chi connectivity index (χ0n) is 30.4. The third-order valence-electron chi connectivity index (χ3n) is 10.9. The molecule has 56 heavy (non-hydrogen) atoms. The molecule has 0 saturated carbocycles. The van der Waals surface area contributed by atoms with Gasteiger partial charge in [-0.05, 0) is 76.9 Å². The van der Waals surface area contributed by atoms with Crippen molar-refractivity contribution >= 4 is 43.6 Å². The van der Waals surface area contributed by atoms with E-state index in [0.717, 1.165) is 66.7 Å². The molecule has 4 nitrogen and oxygen atoms in total. The summed E-state index contributed by atoms with van der Waals surface area (Å²) in [6.45, 7) is 0. The van der Waals surface area contributed by atoms with Crippen LogP contribution in [0.4, 0.5) is 0 Å². The fourth-order valence-electron chi connectivity index (χ4n) is 8.30. The highest BCUT2D eigenvalue weighted by Crippen LogP contribution is 2.38. The molecule has 262 valence electrons. The summed E-state index contributed by atoms with van der Waals surface area (Å²) in [5.41, 5.74) is 14.1. The number of benzene rings is 8. The van der Waals surface area contributed by atoms with Crippen molar-refractivity contribution in [1.29, 1.82) is 0 Å². The first-order valence-corrected chi connectivity index (χ1v) is 19.0. The number of nitrogens with zero attached hydrogens (tertiary/aromatic N) is 4. The lowest BCUT2D eigenvalue weighted by molar-refractivity contribution is 0.996. The van der Waals surface area contributed by atoms with E-state index in [1.807, 2.05) is 6.07 Å². The van der Waals surface area contributed by atoms with E-state index < -0.39 is 0 Å². The Labute approximate surface area is 324 Å². The lowest BCUT2D eigenvalue weighted by atomic mass is 10.0. The van der Waals surface area contributed by atoms with E-state index in [2.05, 4.69) is 209 Å². The molecule has 0 aliphatic carbocycles. The molecule has 4 heteroatoms. The first-order valence-electron chi connectivity index (χ1n) is 19.0. The zero-order valence-corrected chi connectivity index (χ0v) is 30.4. The summed E-state index contributed by atoms with van der Waals surface area (Å²) in [4.78, 5) is 10.7. The molecular formula is C52H34N4. The Hall–Kier alpha value is -7.56. The Balaban J connectivity index is 1.12. The highest BCUT2D eigenvalue weighted by atomic mass is 15.2. The van der Waals surface area contributed by atoms with Crippen LogP contribution in [0, 0.1) is 0 Å². The van der Waals surface area contributed by atoms with E-state index in [0.29, 0.717) is 5.95 Å². The summed E-state index contributed by atoms with van der Waals surface area (Å²) >= 11 is 0. The molecule has 0 aliphatic rings. The van der Waals surface area contributed by atoms with Crippen LogP contribution in [0.5, 0.6) is 0 Å². The molecule has 0 atom stereocenters. The molecule has 0 radical (unpaired) electrons. The van der Waals surface area contributed by atoms with Crippen LogP contribution in [0.1, 0.15) is 0 Å². The van der Waals surface area contributed by atoms with E-state index in [1.165, 1.54) is 27.4 Å². The average Bonchev–Trinajstić information content (AvgIpc) is 3.79. The number of hydrogen-bond acceptors (Lipinski definition) is 2. The van der Waals surface area contributed by atoms with Crippen molar-refractivity contribution in [2.75, 3.05) is 0 Å². The van der Waals surface area contributed by atoms with E-state index in [1.54, 1.807) is 0 Å². The van der Waals surface area contributed by atoms with Crippen molar-refractivity contribution in [3.63, 3.8) is 0 Å². The van der Waals surface area contributed by atoms with Crippen molar-refractivity contribution in [1.82, 2.24) is 19.1 Å². The quantitative estimate of drug-likeness (QED) is 0.172. The highest BCUT2D eigenvalue weighted by molar-refractivity contribution is 6.12. The summed E-state index contributed by atoms with van der Waals surface area (Å²) in [6, 6.07) is 73.2. The topological polar surface area (TPSA) is 35.6 Å². The molecule has 0 N–H and O–H groups in total. The summed E-state index contributed by atoms with van der Waals surface area (Å²) in [5, 5.41) is 4.78. The molecular weight excluding hydrogens is 681 g/mol. The van der Waals surface area contributed by atoms with Gasteiger partial charge in [0, 0.05) is 38.4 Å². The zero-order chi connectivity index (χ0) is 37.0. The predicted octanol–water partition coefficient (Wildman–Crippen LogP) is 13.3. The molecule has 11 rings (SSSR count). The van der Waals surface area contributed by atoms with Gasteiger partial charge in [0.05, 0.1) is 33.5 Å². The highest BCUT2D eigenvalue weighted by Gasteiger charge is 2.19. The smallest absolute Gasteiger partial charge is 0.235 e. The molecule has 0 spiro atoms. The third kappa shape index (κ3) is 5.31. The summed E-state index contributed by atoms with van der Waals surface area (Å²) in [5.74, 6) is 0.635. The maximum atomic E-state index is 5.36. The van der Waals surface area contributed by atoms with E-state index in [4.69, 9.17) is 9.97 Å². The predicted molar refractivity (Wildman–Crippen MR) is 232 cm³/mol. The van der Waals surface area contributed by atoms with Crippen LogP contribution in [-0.4, -0.2) is 19.1 Å². The Kier molecular flexibility index (Phi) is 7.46. The molecule has 0 amide bonds. The minimum atomic E-state index is 0.635. The van der Waals surface area contributed by atoms with Crippen molar-refractivity contribution in [3.05, 3.63) is 206 Å². The van der Waals surface area contributed by atoms with Crippen molar-refractivity contribution in [2.24, 2.45) is 0 Å². The first kappa shape index (κ1) is 31.9. The number of hydrogen-bond donors (Lipinski definition) is 0. The van der Waals surface area contributed by atoms with Gasteiger partial charge in [-0.1, -0.05) is 152 Å². The number of fused-ring (bicyclic) bond motifs is 6. The molecule has 0 bridgehead atoms. The second-order valence-corrected chi connectivity index (χ2v) is 14.3. The lowest BCUT2D eigenvalue weighted by Gasteiger charge is -2.13. The molecule has 3 aromatic heterocycles. The second-order valence-electron chi connectivity index (χ2n) is 14.3. The van der Waals surface area contributed by atoms with Crippen LogP contribution >= 0.6 is 0 Å². The maximum Gasteiger partial charge on any atom is 0.235 e. The van der Waals surface area contributed by atoms with Gasteiger partial charge in [0.15, 0.2) is 0 Å². The first-order chi connectivity index (χ1) is 27.8. The van der Waals surface area contributed by atoms with E-state index in [9.17, 15) is 0 Å². The van der Waals surface area contributed by atoms with E-state index in [-0.39, 0.29) is 0 Å². The van der Waals surface area contributed by atoms with Crippen LogP contribution in [0.15, 0.2) is 206 Å². The number of para-hydroxylation sites is 3. The molecule has 3 heterocycles. The molecule has 0 unspecified atom stereocenters. The molecule has 0 fully saturated rings. The largest absolute Gasteiger partial charge is 0.309 e. The Morgan fingerprint density at radius 3 is 1.52 bits per heavy atom. The van der Waals surface area contributed by atoms with Crippen molar-refractivity contribution < 1.29 is 0 Å². The van der Waals surface area contributed by atoms with Crippen LogP contribution in [0.25, 0.3) is 100 Å². The Bertz CT molecular complexity index is 3230. The monoisotopic (exact) mass is 714 g/mol. The standard InChI is InChI=1S/C52H34N4/c1-4-15-35(16-5-1)37-19-14-20-40(31-37)47-34-46(36-17-6-2-7-18-36)53-52(54-47)56-49-26-13-10-23-42(49)44-29-27-39(33-51(44)56)38-28-30-50-45(32-38)43-24-11-12-25-48(43)55(50)41-21-8-3-9-22-41/h1-34H. The van der Waals surface area contributed by atoms with Gasteiger partial charge in [-0.2, -0.15) is 0 Å². The van der Waals surface area contributed by atoms with Gasteiger partial charge in [-0.25, -0.2) is 9.97 Å². The molecule has 8 aromatic carbocycles. The van der Waals surface area contributed by atoms with Crippen molar-refractivity contribution in [3.8, 4) is 56.4 Å². The van der Waals surface area contributed by atoms with Gasteiger partial charge < -0.3 is 4.57 Å². The Morgan fingerprint density at radius 2 is 0.768 bits per heavy atom. The summed E-state index contributed by atoms with van der Waals surface area (Å²) in [7, 11) is 0. The van der Waals surface area contributed by atoms with Gasteiger partial charge >= 0.3 is 0 Å². The van der Waals surface area contributed by atoms with Gasteiger partial charge in [0.1, 0.15) is 0 Å². The molecule has 11 aromatic rings. The van der Waals surface area contributed by atoms with Gasteiger partial charge in [0.2, 0.25) is 5.95 Å². The summed E-state index contributed by atoms with van der Waals surface area (Å²) < 4.78 is 4.60. The van der Waals surface area contributed by atoms with Gasteiger partial charge in [-0.3, -0.25) is 4.57 Å². The van der Waals surface area contributed by atoms with E-state index >= 15 is 0 Å². The number of rotatable bonds is 6. The van der Waals surface area contributed by atoms with Crippen molar-refractivity contribution in [2.45, 2.75) is 0 Å². The minimum Gasteiger partial charge on any atom is -0.309 e. The fourth-order valence-corrected chi connectivity index (χ4v) is 8.30. The van der Waals surface area contributed by atoms with Crippen LogP contribution in [0.3, 0.4) is 0 Å². The maximum absolute atomic E-state index is 5.36.